The van der Waals surface area contributed by atoms with Gasteiger partial charge in [-0.2, -0.15) is 0 Å². The number of benzene rings is 2. The molecule has 184 valence electrons. The average molecular weight is 526 g/mol. The summed E-state index contributed by atoms with van der Waals surface area (Å²) in [7, 11) is 0. The van der Waals surface area contributed by atoms with Crippen LogP contribution < -0.4 is 10.6 Å². The lowest BCUT2D eigenvalue weighted by molar-refractivity contribution is -0.137. The molecule has 0 spiro atoms. The molecule has 1 atom stereocenters. The quantitative estimate of drug-likeness (QED) is 0.357. The van der Waals surface area contributed by atoms with Crippen molar-refractivity contribution in [1.82, 2.24) is 10.2 Å². The van der Waals surface area contributed by atoms with Crippen LogP contribution >= 0.6 is 23.2 Å². The maximum absolute atomic E-state index is 13.0. The van der Waals surface area contributed by atoms with E-state index in [1.54, 1.807) is 36.4 Å². The fraction of sp³-hybridized carbons (Fsp3) is 0.269. The number of piperidine rings is 1. The molecule has 0 bridgehead atoms. The second-order valence-electron chi connectivity index (χ2n) is 9.03. The van der Waals surface area contributed by atoms with Gasteiger partial charge in [0.25, 0.3) is 5.91 Å². The van der Waals surface area contributed by atoms with Crippen molar-refractivity contribution in [2.45, 2.75) is 44.2 Å². The molecule has 2 fully saturated rings. The van der Waals surface area contributed by atoms with Crippen molar-refractivity contribution in [1.29, 1.82) is 0 Å². The summed E-state index contributed by atoms with van der Waals surface area (Å²) in [5.41, 5.74) is 2.37. The van der Waals surface area contributed by atoms with Crippen molar-refractivity contribution in [2.75, 3.05) is 5.32 Å². The van der Waals surface area contributed by atoms with Gasteiger partial charge >= 0.3 is 0 Å². The van der Waals surface area contributed by atoms with E-state index in [-0.39, 0.29) is 67.1 Å². The molecule has 0 radical (unpaired) electrons. The number of Topliss-reactive ketones (excluding diaryl/α,β-unsaturated/α-hetero) is 2. The van der Waals surface area contributed by atoms with Gasteiger partial charge in [-0.3, -0.25) is 29.3 Å². The van der Waals surface area contributed by atoms with Crippen LogP contribution in [0.2, 0.25) is 10.0 Å². The molecule has 2 aromatic carbocycles. The SMILES string of the molecule is O=C1CCC(N2Cc3c(NC=C4C(=O)CC(c5cccc(Cl)c5Cl)CC4=O)cccc3C2=O)C(=O)N1. The Hall–Kier alpha value is -3.49. The number of nitrogens with zero attached hydrogens (tertiary/aromatic N) is 1. The van der Waals surface area contributed by atoms with Gasteiger partial charge in [0.15, 0.2) is 11.6 Å². The topological polar surface area (TPSA) is 113 Å². The number of carbonyl (C=O) groups is 5. The van der Waals surface area contributed by atoms with E-state index in [1.165, 1.54) is 11.1 Å². The van der Waals surface area contributed by atoms with E-state index in [1.807, 2.05) is 0 Å². The molecule has 1 saturated heterocycles. The van der Waals surface area contributed by atoms with Gasteiger partial charge in [-0.1, -0.05) is 41.4 Å². The molecule has 8 nitrogen and oxygen atoms in total. The highest BCUT2D eigenvalue weighted by molar-refractivity contribution is 6.42. The molecule has 2 aromatic rings. The Morgan fingerprint density at radius 3 is 2.42 bits per heavy atom. The molecule has 3 aliphatic rings. The number of nitrogens with one attached hydrogen (secondary N) is 2. The smallest absolute Gasteiger partial charge is 0.255 e. The number of amides is 3. The molecule has 10 heteroatoms. The van der Waals surface area contributed by atoms with E-state index >= 15 is 0 Å². The van der Waals surface area contributed by atoms with Gasteiger partial charge in [0.2, 0.25) is 11.8 Å². The third-order valence-corrected chi connectivity index (χ3v) is 7.67. The largest absolute Gasteiger partial charge is 0.361 e. The normalized spacial score (nSPS) is 22.0. The second kappa shape index (κ2) is 9.52. The molecule has 1 saturated carbocycles. The Bertz CT molecular complexity index is 1350. The highest BCUT2D eigenvalue weighted by atomic mass is 35.5. The van der Waals surface area contributed by atoms with Gasteiger partial charge in [-0.15, -0.1) is 0 Å². The Kier molecular flexibility index (Phi) is 6.40. The summed E-state index contributed by atoms with van der Waals surface area (Å²) in [5.74, 6) is -2.12. The zero-order valence-corrected chi connectivity index (χ0v) is 20.5. The van der Waals surface area contributed by atoms with Gasteiger partial charge in [0.05, 0.1) is 15.6 Å². The zero-order chi connectivity index (χ0) is 25.6. The van der Waals surface area contributed by atoms with E-state index in [4.69, 9.17) is 23.2 Å². The fourth-order valence-electron chi connectivity index (χ4n) is 4.98. The third-order valence-electron chi connectivity index (χ3n) is 6.84. The van der Waals surface area contributed by atoms with Gasteiger partial charge in [0, 0.05) is 48.8 Å². The first-order valence-electron chi connectivity index (χ1n) is 11.5. The van der Waals surface area contributed by atoms with Crippen LogP contribution in [0, 0.1) is 0 Å². The molecule has 0 aromatic heterocycles. The van der Waals surface area contributed by atoms with Crippen molar-refractivity contribution >= 4 is 58.2 Å². The number of imide groups is 1. The summed E-state index contributed by atoms with van der Waals surface area (Å²) in [6, 6.07) is 9.52. The van der Waals surface area contributed by atoms with Crippen LogP contribution in [0.1, 0.15) is 53.1 Å². The number of ketones is 2. The summed E-state index contributed by atoms with van der Waals surface area (Å²) in [6.45, 7) is 0.171. The van der Waals surface area contributed by atoms with E-state index in [0.29, 0.717) is 32.4 Å². The van der Waals surface area contributed by atoms with Gasteiger partial charge < -0.3 is 10.2 Å². The van der Waals surface area contributed by atoms with Gasteiger partial charge in [-0.25, -0.2) is 0 Å². The number of rotatable bonds is 4. The minimum absolute atomic E-state index is 0.0494. The minimum Gasteiger partial charge on any atom is -0.361 e. The minimum atomic E-state index is -0.731. The number of hydrogen-bond donors (Lipinski definition) is 2. The molecule has 1 aliphatic carbocycles. The number of hydrogen-bond acceptors (Lipinski definition) is 6. The maximum Gasteiger partial charge on any atom is 0.255 e. The van der Waals surface area contributed by atoms with Crippen molar-refractivity contribution in [3.8, 4) is 0 Å². The fourth-order valence-corrected chi connectivity index (χ4v) is 5.44. The lowest BCUT2D eigenvalue weighted by Crippen LogP contribution is -2.52. The number of anilines is 1. The van der Waals surface area contributed by atoms with Crippen LogP contribution in [0.4, 0.5) is 5.69 Å². The van der Waals surface area contributed by atoms with E-state index in [0.717, 1.165) is 0 Å². The van der Waals surface area contributed by atoms with E-state index < -0.39 is 11.9 Å². The van der Waals surface area contributed by atoms with E-state index in [9.17, 15) is 24.0 Å². The summed E-state index contributed by atoms with van der Waals surface area (Å²) >= 11 is 12.4. The van der Waals surface area contributed by atoms with Crippen LogP contribution in [0.25, 0.3) is 0 Å². The molecule has 2 aliphatic heterocycles. The molecule has 36 heavy (non-hydrogen) atoms. The van der Waals surface area contributed by atoms with Crippen molar-refractivity contribution in [3.05, 3.63) is 74.9 Å². The molecule has 5 rings (SSSR count). The van der Waals surface area contributed by atoms with Gasteiger partial charge in [0.1, 0.15) is 6.04 Å². The molecule has 3 amide bonds. The molecule has 2 heterocycles. The Labute approximate surface area is 216 Å². The van der Waals surface area contributed by atoms with Crippen LogP contribution in [-0.4, -0.2) is 40.2 Å². The monoisotopic (exact) mass is 525 g/mol. The summed E-state index contributed by atoms with van der Waals surface area (Å²) in [6.07, 6.45) is 2.05. The number of allylic oxidation sites excluding steroid dienone is 1. The Morgan fingerprint density at radius 1 is 0.972 bits per heavy atom. The van der Waals surface area contributed by atoms with Crippen molar-refractivity contribution < 1.29 is 24.0 Å². The summed E-state index contributed by atoms with van der Waals surface area (Å²) in [5, 5.41) is 6.03. The highest BCUT2D eigenvalue weighted by Crippen LogP contribution is 2.38. The Morgan fingerprint density at radius 2 is 1.69 bits per heavy atom. The number of halogens is 2. The Balaban J connectivity index is 1.34. The van der Waals surface area contributed by atoms with Crippen LogP contribution in [-0.2, 0) is 25.7 Å². The van der Waals surface area contributed by atoms with Crippen LogP contribution in [0.5, 0.6) is 0 Å². The van der Waals surface area contributed by atoms with Crippen LogP contribution in [0.3, 0.4) is 0 Å². The van der Waals surface area contributed by atoms with Crippen LogP contribution in [0.15, 0.2) is 48.2 Å². The van der Waals surface area contributed by atoms with E-state index in [2.05, 4.69) is 10.6 Å². The zero-order valence-electron chi connectivity index (χ0n) is 19.0. The lowest BCUT2D eigenvalue weighted by Gasteiger charge is -2.29. The second-order valence-corrected chi connectivity index (χ2v) is 9.81. The first kappa shape index (κ1) is 24.2. The molecular formula is C26H21Cl2N3O5. The predicted octanol–water partition coefficient (Wildman–Crippen LogP) is 3.77. The van der Waals surface area contributed by atoms with Gasteiger partial charge in [-0.05, 0) is 36.1 Å². The summed E-state index contributed by atoms with van der Waals surface area (Å²) < 4.78 is 0. The number of carbonyl (C=O) groups excluding carboxylic acids is 5. The molecule has 2 N–H and O–H groups in total. The average Bonchev–Trinajstić information content (AvgIpc) is 3.17. The first-order valence-corrected chi connectivity index (χ1v) is 12.2. The van der Waals surface area contributed by atoms with Crippen molar-refractivity contribution in [2.24, 2.45) is 0 Å². The lowest BCUT2D eigenvalue weighted by atomic mass is 9.80. The molecular weight excluding hydrogens is 505 g/mol. The molecule has 1 unspecified atom stereocenters. The van der Waals surface area contributed by atoms with Crippen molar-refractivity contribution in [3.63, 3.8) is 0 Å². The number of fused-ring (bicyclic) bond motifs is 1. The standard InChI is InChI=1S/C26H21Cl2N3O5/c27-18-5-1-3-14(24(18)28)13-9-21(32)16(22(33)10-13)11-29-19-6-2-4-15-17(19)12-31(26(15)36)20-7-8-23(34)30-25(20)35/h1-6,11,13,20,29H,7-10,12H2,(H,30,34,35). The predicted molar refractivity (Wildman–Crippen MR) is 133 cm³/mol. The highest BCUT2D eigenvalue weighted by Gasteiger charge is 2.40. The maximum atomic E-state index is 13.0. The first-order chi connectivity index (χ1) is 17.2. The third kappa shape index (κ3) is 4.31. The summed E-state index contributed by atoms with van der Waals surface area (Å²) in [4.78, 5) is 64.0.